The molecule has 0 aliphatic carbocycles. The number of hydrogen-bond acceptors (Lipinski definition) is 6. The maximum atomic E-state index is 13.1. The van der Waals surface area contributed by atoms with Crippen LogP contribution in [0, 0.1) is 6.92 Å². The van der Waals surface area contributed by atoms with Crippen LogP contribution in [0.25, 0.3) is 0 Å². The van der Waals surface area contributed by atoms with Crippen LogP contribution < -0.4 is 0 Å². The molecule has 2 aliphatic rings. The molecular weight excluding hydrogens is 414 g/mol. The highest BCUT2D eigenvalue weighted by atomic mass is 32.1. The van der Waals surface area contributed by atoms with Gasteiger partial charge in [0.05, 0.1) is 23.7 Å². The molecule has 1 fully saturated rings. The van der Waals surface area contributed by atoms with Gasteiger partial charge in [0.2, 0.25) is 0 Å². The molecule has 2 amide bonds. The van der Waals surface area contributed by atoms with E-state index in [2.05, 4.69) is 10.3 Å². The van der Waals surface area contributed by atoms with Crippen LogP contribution in [0.2, 0.25) is 0 Å². The number of benzene rings is 1. The first-order chi connectivity index (χ1) is 15.1. The van der Waals surface area contributed by atoms with Gasteiger partial charge in [0, 0.05) is 31.1 Å². The van der Waals surface area contributed by atoms with Crippen LogP contribution in [-0.2, 0) is 17.9 Å². The summed E-state index contributed by atoms with van der Waals surface area (Å²) >= 11 is 1.50. The zero-order chi connectivity index (χ0) is 21.4. The summed E-state index contributed by atoms with van der Waals surface area (Å²) in [6, 6.07) is 13.8. The first-order valence-electron chi connectivity index (χ1n) is 10.3. The van der Waals surface area contributed by atoms with Crippen LogP contribution in [0.5, 0.6) is 0 Å². The molecule has 3 aromatic rings. The van der Waals surface area contributed by atoms with E-state index in [4.69, 9.17) is 4.74 Å². The fourth-order valence-corrected chi connectivity index (χ4v) is 4.85. The number of fused-ring (bicyclic) bond motifs is 1. The highest BCUT2D eigenvalue weighted by molar-refractivity contribution is 7.13. The standard InChI is InChI=1S/C22H23N5O3S/c1-15-7-8-19(31-15)21(28)25-9-11-26(12-10-25)22(29)20-17-14-30-18(13-27(17)24-23-20)16-5-3-2-4-6-16/h2-8,18H,9-14H2,1H3/t18-/m0/s1. The number of piperazine rings is 1. The number of aryl methyl sites for hydroxylation is 1. The quantitative estimate of drug-likeness (QED) is 0.629. The lowest BCUT2D eigenvalue weighted by Crippen LogP contribution is -2.50. The molecule has 5 rings (SSSR count). The minimum Gasteiger partial charge on any atom is -0.365 e. The Morgan fingerprint density at radius 3 is 2.39 bits per heavy atom. The molecule has 1 aromatic carbocycles. The molecule has 8 nitrogen and oxygen atoms in total. The Morgan fingerprint density at radius 2 is 1.71 bits per heavy atom. The van der Waals surface area contributed by atoms with Crippen LogP contribution in [0.15, 0.2) is 42.5 Å². The number of nitrogens with zero attached hydrogens (tertiary/aromatic N) is 5. The van der Waals surface area contributed by atoms with Gasteiger partial charge < -0.3 is 14.5 Å². The topological polar surface area (TPSA) is 80.6 Å². The largest absolute Gasteiger partial charge is 0.365 e. The number of rotatable bonds is 3. The highest BCUT2D eigenvalue weighted by Gasteiger charge is 2.32. The van der Waals surface area contributed by atoms with Gasteiger partial charge in [0.25, 0.3) is 11.8 Å². The third-order valence-electron chi connectivity index (χ3n) is 5.78. The molecule has 2 aliphatic heterocycles. The van der Waals surface area contributed by atoms with Crippen LogP contribution in [0.3, 0.4) is 0 Å². The molecule has 0 saturated carbocycles. The number of amides is 2. The summed E-state index contributed by atoms with van der Waals surface area (Å²) in [5.41, 5.74) is 2.14. The average Bonchev–Trinajstić information content (AvgIpc) is 3.44. The maximum absolute atomic E-state index is 13.1. The third-order valence-corrected chi connectivity index (χ3v) is 6.77. The predicted molar refractivity (Wildman–Crippen MR) is 115 cm³/mol. The Balaban J connectivity index is 1.23. The molecule has 0 unspecified atom stereocenters. The summed E-state index contributed by atoms with van der Waals surface area (Å²) in [7, 11) is 0. The SMILES string of the molecule is Cc1ccc(C(=O)N2CCN(C(=O)c3nnn4c3CO[C@H](c3ccccc3)C4)CC2)s1. The van der Waals surface area contributed by atoms with Gasteiger partial charge in [-0.25, -0.2) is 4.68 Å². The van der Waals surface area contributed by atoms with Crippen molar-refractivity contribution in [1.29, 1.82) is 0 Å². The first kappa shape index (κ1) is 19.9. The predicted octanol–water partition coefficient (Wildman–Crippen LogP) is 2.52. The second kappa shape index (κ2) is 8.24. The average molecular weight is 438 g/mol. The number of hydrogen-bond donors (Lipinski definition) is 0. The molecule has 1 saturated heterocycles. The molecule has 0 radical (unpaired) electrons. The second-order valence-corrected chi connectivity index (χ2v) is 9.06. The molecule has 31 heavy (non-hydrogen) atoms. The lowest BCUT2D eigenvalue weighted by molar-refractivity contribution is -0.00202. The molecule has 0 bridgehead atoms. The Kier molecular flexibility index (Phi) is 5.29. The minimum absolute atomic E-state index is 0.0339. The van der Waals surface area contributed by atoms with E-state index in [9.17, 15) is 9.59 Å². The molecule has 0 N–H and O–H groups in total. The fourth-order valence-electron chi connectivity index (χ4n) is 4.01. The van der Waals surface area contributed by atoms with E-state index < -0.39 is 0 Å². The van der Waals surface area contributed by atoms with E-state index in [1.54, 1.807) is 9.58 Å². The molecule has 2 aromatic heterocycles. The van der Waals surface area contributed by atoms with Gasteiger partial charge in [-0.1, -0.05) is 35.5 Å². The normalized spacial score (nSPS) is 18.7. The van der Waals surface area contributed by atoms with Gasteiger partial charge >= 0.3 is 0 Å². The first-order valence-corrected chi connectivity index (χ1v) is 11.2. The number of thiophene rings is 1. The Morgan fingerprint density at radius 1 is 1.00 bits per heavy atom. The number of carbonyl (C=O) groups is 2. The monoisotopic (exact) mass is 437 g/mol. The maximum Gasteiger partial charge on any atom is 0.276 e. The van der Waals surface area contributed by atoms with Crippen molar-refractivity contribution in [2.24, 2.45) is 0 Å². The summed E-state index contributed by atoms with van der Waals surface area (Å²) in [6.45, 7) is 4.80. The number of ether oxygens (including phenoxy) is 1. The van der Waals surface area contributed by atoms with Gasteiger partial charge in [-0.05, 0) is 24.6 Å². The van der Waals surface area contributed by atoms with Gasteiger partial charge in [0.15, 0.2) is 5.69 Å². The summed E-state index contributed by atoms with van der Waals surface area (Å²) in [5, 5.41) is 8.38. The number of aromatic nitrogens is 3. The van der Waals surface area contributed by atoms with Crippen molar-refractivity contribution in [1.82, 2.24) is 24.8 Å². The number of carbonyl (C=O) groups excluding carboxylic acids is 2. The van der Waals surface area contributed by atoms with Crippen molar-refractivity contribution >= 4 is 23.2 Å². The van der Waals surface area contributed by atoms with Gasteiger partial charge in [-0.2, -0.15) is 0 Å². The van der Waals surface area contributed by atoms with Gasteiger partial charge in [-0.3, -0.25) is 9.59 Å². The van der Waals surface area contributed by atoms with E-state index in [-0.39, 0.29) is 17.9 Å². The Hall–Kier alpha value is -3.04. The van der Waals surface area contributed by atoms with E-state index in [0.717, 1.165) is 15.3 Å². The third kappa shape index (κ3) is 3.86. The lowest BCUT2D eigenvalue weighted by atomic mass is 10.1. The van der Waals surface area contributed by atoms with Gasteiger partial charge in [0.1, 0.15) is 6.10 Å². The smallest absolute Gasteiger partial charge is 0.276 e. The zero-order valence-electron chi connectivity index (χ0n) is 17.2. The van der Waals surface area contributed by atoms with Crippen LogP contribution in [0.1, 0.15) is 42.4 Å². The molecular formula is C22H23N5O3S. The highest BCUT2D eigenvalue weighted by Crippen LogP contribution is 2.27. The van der Waals surface area contributed by atoms with Crippen molar-refractivity contribution in [3.05, 3.63) is 69.2 Å². The van der Waals surface area contributed by atoms with Crippen LogP contribution >= 0.6 is 11.3 Å². The Labute approximate surface area is 184 Å². The molecule has 160 valence electrons. The van der Waals surface area contributed by atoms with Crippen molar-refractivity contribution in [3.8, 4) is 0 Å². The fraction of sp³-hybridized carbons (Fsp3) is 0.364. The van der Waals surface area contributed by atoms with E-state index in [1.165, 1.54) is 11.3 Å². The van der Waals surface area contributed by atoms with Crippen molar-refractivity contribution in [2.75, 3.05) is 26.2 Å². The van der Waals surface area contributed by atoms with Crippen molar-refractivity contribution < 1.29 is 14.3 Å². The molecule has 0 spiro atoms. The molecule has 1 atom stereocenters. The molecule has 4 heterocycles. The Bertz CT molecular complexity index is 1100. The summed E-state index contributed by atoms with van der Waals surface area (Å²) in [6.07, 6.45) is -0.103. The van der Waals surface area contributed by atoms with E-state index in [0.29, 0.717) is 50.7 Å². The van der Waals surface area contributed by atoms with E-state index >= 15 is 0 Å². The van der Waals surface area contributed by atoms with Crippen molar-refractivity contribution in [3.63, 3.8) is 0 Å². The summed E-state index contributed by atoms with van der Waals surface area (Å²) < 4.78 is 7.77. The second-order valence-electron chi connectivity index (χ2n) is 7.77. The van der Waals surface area contributed by atoms with Crippen LogP contribution in [0.4, 0.5) is 0 Å². The lowest BCUT2D eigenvalue weighted by Gasteiger charge is -2.34. The zero-order valence-corrected chi connectivity index (χ0v) is 18.0. The van der Waals surface area contributed by atoms with Crippen molar-refractivity contribution in [2.45, 2.75) is 26.2 Å². The van der Waals surface area contributed by atoms with Crippen LogP contribution in [-0.4, -0.2) is 62.8 Å². The molecule has 9 heteroatoms. The van der Waals surface area contributed by atoms with Gasteiger partial charge in [-0.15, -0.1) is 16.4 Å². The van der Waals surface area contributed by atoms with E-state index in [1.807, 2.05) is 54.3 Å². The summed E-state index contributed by atoms with van der Waals surface area (Å²) in [4.78, 5) is 31.2. The minimum atomic E-state index is -0.151. The summed E-state index contributed by atoms with van der Waals surface area (Å²) in [5.74, 6) is -0.117.